The molecule has 1 aliphatic rings. The summed E-state index contributed by atoms with van der Waals surface area (Å²) >= 11 is 0. The van der Waals surface area contributed by atoms with Crippen molar-refractivity contribution in [1.29, 1.82) is 0 Å². The van der Waals surface area contributed by atoms with Crippen LogP contribution in [0.3, 0.4) is 0 Å². The maximum atomic E-state index is 9.15. The van der Waals surface area contributed by atoms with Crippen molar-refractivity contribution in [2.24, 2.45) is 0 Å². The quantitative estimate of drug-likeness (QED) is 0.757. The van der Waals surface area contributed by atoms with Gasteiger partial charge in [0.1, 0.15) is 0 Å². The molecule has 0 aromatic carbocycles. The summed E-state index contributed by atoms with van der Waals surface area (Å²) < 4.78 is 0. The zero-order valence-corrected chi connectivity index (χ0v) is 8.35. The van der Waals surface area contributed by atoms with Gasteiger partial charge in [0.05, 0.1) is 6.10 Å². The van der Waals surface area contributed by atoms with E-state index in [1.54, 1.807) is 0 Å². The lowest BCUT2D eigenvalue weighted by atomic mass is 9.88. The van der Waals surface area contributed by atoms with Gasteiger partial charge in [-0.2, -0.15) is 0 Å². The van der Waals surface area contributed by atoms with E-state index in [9.17, 15) is 0 Å². The molecule has 2 rings (SSSR count). The minimum Gasteiger partial charge on any atom is -0.393 e. The summed E-state index contributed by atoms with van der Waals surface area (Å²) in [6, 6.07) is 4.86. The van der Waals surface area contributed by atoms with Gasteiger partial charge in [0, 0.05) is 24.5 Å². The average molecular weight is 192 g/mol. The Morgan fingerprint density at radius 2 is 2.07 bits per heavy atom. The highest BCUT2D eigenvalue weighted by Crippen LogP contribution is 2.23. The molecule has 1 heterocycles. The molecule has 14 heavy (non-hydrogen) atoms. The maximum Gasteiger partial charge on any atom is 0.0570 e. The molecule has 1 fully saturated rings. The standard InChI is InChI=1S/C11H16N2O/c1-8(9-2-4-12-5-3-9)13-10-6-11(14)7-10/h2-5,8,10-11,13-14H,6-7H2,1H3. The van der Waals surface area contributed by atoms with E-state index in [-0.39, 0.29) is 6.10 Å². The van der Waals surface area contributed by atoms with Crippen molar-refractivity contribution in [2.75, 3.05) is 0 Å². The Labute approximate surface area is 84.2 Å². The topological polar surface area (TPSA) is 45.1 Å². The molecule has 1 aromatic rings. The van der Waals surface area contributed by atoms with Gasteiger partial charge in [-0.15, -0.1) is 0 Å². The van der Waals surface area contributed by atoms with E-state index in [2.05, 4.69) is 17.2 Å². The smallest absolute Gasteiger partial charge is 0.0570 e. The Morgan fingerprint density at radius 1 is 1.43 bits per heavy atom. The molecule has 1 aliphatic carbocycles. The van der Waals surface area contributed by atoms with Crippen molar-refractivity contribution in [2.45, 2.75) is 38.0 Å². The Hall–Kier alpha value is -0.930. The highest BCUT2D eigenvalue weighted by molar-refractivity contribution is 5.14. The molecule has 0 radical (unpaired) electrons. The molecule has 0 spiro atoms. The molecule has 2 N–H and O–H groups in total. The lowest BCUT2D eigenvalue weighted by Gasteiger charge is -2.34. The molecule has 3 nitrogen and oxygen atoms in total. The summed E-state index contributed by atoms with van der Waals surface area (Å²) in [5.41, 5.74) is 1.25. The van der Waals surface area contributed by atoms with Crippen LogP contribution in [0.1, 0.15) is 31.4 Å². The lowest BCUT2D eigenvalue weighted by Crippen LogP contribution is -2.45. The van der Waals surface area contributed by atoms with Gasteiger partial charge in [0.2, 0.25) is 0 Å². The second-order valence-corrected chi connectivity index (χ2v) is 3.99. The monoisotopic (exact) mass is 192 g/mol. The third-order valence-corrected chi connectivity index (χ3v) is 2.80. The van der Waals surface area contributed by atoms with Crippen molar-refractivity contribution in [1.82, 2.24) is 10.3 Å². The number of aliphatic hydroxyl groups excluding tert-OH is 1. The summed E-state index contributed by atoms with van der Waals surface area (Å²) in [6.45, 7) is 2.14. The Balaban J connectivity index is 1.87. The average Bonchev–Trinajstić information content (AvgIpc) is 2.17. The van der Waals surface area contributed by atoms with Crippen molar-refractivity contribution < 1.29 is 5.11 Å². The number of nitrogens with zero attached hydrogens (tertiary/aromatic N) is 1. The van der Waals surface area contributed by atoms with Gasteiger partial charge >= 0.3 is 0 Å². The summed E-state index contributed by atoms with van der Waals surface area (Å²) in [5.74, 6) is 0. The number of hydrogen-bond acceptors (Lipinski definition) is 3. The first-order chi connectivity index (χ1) is 6.75. The Bertz CT molecular complexity index is 283. The maximum absolute atomic E-state index is 9.15. The number of nitrogens with one attached hydrogen (secondary N) is 1. The predicted octanol–water partition coefficient (Wildman–Crippen LogP) is 1.26. The number of rotatable bonds is 3. The van der Waals surface area contributed by atoms with Crippen LogP contribution in [-0.4, -0.2) is 22.2 Å². The van der Waals surface area contributed by atoms with Gasteiger partial charge in [-0.25, -0.2) is 0 Å². The summed E-state index contributed by atoms with van der Waals surface area (Å²) in [4.78, 5) is 3.99. The number of aliphatic hydroxyl groups is 1. The number of hydrogen-bond donors (Lipinski definition) is 2. The van der Waals surface area contributed by atoms with Crippen LogP contribution in [-0.2, 0) is 0 Å². The van der Waals surface area contributed by atoms with Crippen molar-refractivity contribution in [3.05, 3.63) is 30.1 Å². The zero-order chi connectivity index (χ0) is 9.97. The van der Waals surface area contributed by atoms with E-state index >= 15 is 0 Å². The van der Waals surface area contributed by atoms with Crippen molar-refractivity contribution in [3.8, 4) is 0 Å². The van der Waals surface area contributed by atoms with Crippen molar-refractivity contribution in [3.63, 3.8) is 0 Å². The second-order valence-electron chi connectivity index (χ2n) is 3.99. The van der Waals surface area contributed by atoms with E-state index in [0.717, 1.165) is 12.8 Å². The molecule has 3 heteroatoms. The predicted molar refractivity (Wildman–Crippen MR) is 54.8 cm³/mol. The fourth-order valence-corrected chi connectivity index (χ4v) is 1.83. The SMILES string of the molecule is CC(NC1CC(O)C1)c1ccncc1. The van der Waals surface area contributed by atoms with Crippen LogP contribution >= 0.6 is 0 Å². The minimum atomic E-state index is -0.0860. The molecule has 1 aromatic heterocycles. The first kappa shape index (κ1) is 9.62. The highest BCUT2D eigenvalue weighted by atomic mass is 16.3. The van der Waals surface area contributed by atoms with Crippen LogP contribution in [0.4, 0.5) is 0 Å². The fourth-order valence-electron chi connectivity index (χ4n) is 1.83. The van der Waals surface area contributed by atoms with Gasteiger partial charge in [0.15, 0.2) is 0 Å². The minimum absolute atomic E-state index is 0.0860. The molecule has 1 atom stereocenters. The molecule has 0 aliphatic heterocycles. The van der Waals surface area contributed by atoms with Gasteiger partial charge in [-0.1, -0.05) is 0 Å². The van der Waals surface area contributed by atoms with Crippen LogP contribution in [0.5, 0.6) is 0 Å². The molecule has 1 unspecified atom stereocenters. The van der Waals surface area contributed by atoms with Gasteiger partial charge < -0.3 is 10.4 Å². The van der Waals surface area contributed by atoms with Gasteiger partial charge in [-0.3, -0.25) is 4.98 Å². The van der Waals surface area contributed by atoms with Crippen LogP contribution in [0.2, 0.25) is 0 Å². The van der Waals surface area contributed by atoms with E-state index < -0.39 is 0 Å². The van der Waals surface area contributed by atoms with Crippen LogP contribution in [0, 0.1) is 0 Å². The van der Waals surface area contributed by atoms with Crippen LogP contribution < -0.4 is 5.32 Å². The fraction of sp³-hybridized carbons (Fsp3) is 0.545. The molecule has 1 saturated carbocycles. The molecule has 76 valence electrons. The second kappa shape index (κ2) is 4.07. The van der Waals surface area contributed by atoms with Crippen molar-refractivity contribution >= 4 is 0 Å². The third kappa shape index (κ3) is 2.11. The summed E-state index contributed by atoms with van der Waals surface area (Å²) in [5, 5.41) is 12.6. The summed E-state index contributed by atoms with van der Waals surface area (Å²) in [7, 11) is 0. The molecule has 0 amide bonds. The third-order valence-electron chi connectivity index (χ3n) is 2.80. The van der Waals surface area contributed by atoms with Crippen LogP contribution in [0.25, 0.3) is 0 Å². The molecular formula is C11H16N2O. The number of pyridine rings is 1. The van der Waals surface area contributed by atoms with Gasteiger partial charge in [0.25, 0.3) is 0 Å². The van der Waals surface area contributed by atoms with Gasteiger partial charge in [-0.05, 0) is 37.5 Å². The zero-order valence-electron chi connectivity index (χ0n) is 8.35. The molecule has 0 saturated heterocycles. The van der Waals surface area contributed by atoms with E-state index in [1.165, 1.54) is 5.56 Å². The lowest BCUT2D eigenvalue weighted by molar-refractivity contribution is 0.0586. The summed E-state index contributed by atoms with van der Waals surface area (Å²) in [6.07, 6.45) is 5.30. The largest absolute Gasteiger partial charge is 0.393 e. The van der Waals surface area contributed by atoms with E-state index in [0.29, 0.717) is 12.1 Å². The molecule has 0 bridgehead atoms. The Kier molecular flexibility index (Phi) is 2.79. The van der Waals surface area contributed by atoms with E-state index in [1.807, 2.05) is 24.5 Å². The Morgan fingerprint density at radius 3 is 2.64 bits per heavy atom. The van der Waals surface area contributed by atoms with E-state index in [4.69, 9.17) is 5.11 Å². The highest BCUT2D eigenvalue weighted by Gasteiger charge is 2.27. The first-order valence-electron chi connectivity index (χ1n) is 5.09. The van der Waals surface area contributed by atoms with Crippen LogP contribution in [0.15, 0.2) is 24.5 Å². The molecular weight excluding hydrogens is 176 g/mol. The first-order valence-corrected chi connectivity index (χ1v) is 5.09. The normalized spacial score (nSPS) is 28.1. The number of aromatic nitrogens is 1.